The normalized spacial score (nSPS) is 18.8. The molecule has 0 bridgehead atoms. The number of hydrogen-bond donors (Lipinski definition) is 8. The summed E-state index contributed by atoms with van der Waals surface area (Å²) in [6, 6.07) is -6.35. The monoisotopic (exact) mass is 488 g/mol. The molecule has 0 unspecified atom stereocenters. The van der Waals surface area contributed by atoms with E-state index in [4.69, 9.17) is 21.7 Å². The van der Waals surface area contributed by atoms with E-state index in [1.165, 1.54) is 6.92 Å². The molecule has 0 aliphatic carbocycles. The Hall–Kier alpha value is -3.30. The highest BCUT2D eigenvalue weighted by Gasteiger charge is 2.39. The molecule has 1 fully saturated rings. The number of aliphatic hydroxyl groups is 2. The van der Waals surface area contributed by atoms with E-state index < -0.39 is 78.9 Å². The molecular weight excluding hydrogens is 456 g/mol. The van der Waals surface area contributed by atoms with Crippen molar-refractivity contribution in [1.29, 1.82) is 0 Å². The number of likely N-dealkylation sites (tertiary alicyclic amines) is 1. The van der Waals surface area contributed by atoms with Crippen molar-refractivity contribution < 1.29 is 44.1 Å². The quantitative estimate of drug-likeness (QED) is 0.123. The summed E-state index contributed by atoms with van der Waals surface area (Å²) in [5.41, 5.74) is 10.5. The van der Waals surface area contributed by atoms with E-state index >= 15 is 0 Å². The molecule has 0 radical (unpaired) electrons. The molecule has 5 amide bonds. The van der Waals surface area contributed by atoms with Gasteiger partial charge in [-0.25, -0.2) is 0 Å². The highest BCUT2D eigenvalue weighted by Crippen LogP contribution is 2.19. The van der Waals surface area contributed by atoms with Crippen LogP contribution in [0.2, 0.25) is 0 Å². The minimum absolute atomic E-state index is 0.137. The third-order valence-electron chi connectivity index (χ3n) is 5.21. The van der Waals surface area contributed by atoms with E-state index in [0.717, 1.165) is 4.90 Å². The SMILES string of the molecule is C[C@H](NC(=O)[C@@H]1CCCN1C(=O)[C@H](CO)NC(=O)[C@H](CCC(N)=O)NC(=O)[C@@H](N)CO)C(=O)O. The molecule has 1 rings (SSSR count). The zero-order valence-electron chi connectivity index (χ0n) is 18.7. The van der Waals surface area contributed by atoms with Crippen LogP contribution in [0.3, 0.4) is 0 Å². The first-order chi connectivity index (χ1) is 15.9. The molecule has 0 aromatic carbocycles. The number of rotatable bonds is 13. The Morgan fingerprint density at radius 3 is 2.15 bits per heavy atom. The molecule has 15 nitrogen and oxygen atoms in total. The van der Waals surface area contributed by atoms with Crippen molar-refractivity contribution in [3.8, 4) is 0 Å². The molecular formula is C19H32N6O9. The molecule has 1 aliphatic heterocycles. The molecule has 10 N–H and O–H groups in total. The maximum absolute atomic E-state index is 13.0. The van der Waals surface area contributed by atoms with Crippen LogP contribution in [0.15, 0.2) is 0 Å². The lowest BCUT2D eigenvalue weighted by molar-refractivity contribution is -0.145. The Kier molecular flexibility index (Phi) is 11.3. The van der Waals surface area contributed by atoms with Crippen molar-refractivity contribution >= 4 is 35.5 Å². The van der Waals surface area contributed by atoms with E-state index in [2.05, 4.69) is 16.0 Å². The van der Waals surface area contributed by atoms with Crippen molar-refractivity contribution in [1.82, 2.24) is 20.9 Å². The molecule has 1 heterocycles. The average molecular weight is 488 g/mol. The molecule has 0 aromatic rings. The van der Waals surface area contributed by atoms with Gasteiger partial charge in [0.1, 0.15) is 30.2 Å². The Balaban J connectivity index is 2.93. The Labute approximate surface area is 195 Å². The van der Waals surface area contributed by atoms with Gasteiger partial charge < -0.3 is 47.6 Å². The minimum atomic E-state index is -1.49. The molecule has 1 aliphatic rings. The first kappa shape index (κ1) is 28.7. The summed E-state index contributed by atoms with van der Waals surface area (Å²) >= 11 is 0. The lowest BCUT2D eigenvalue weighted by Gasteiger charge is -2.29. The van der Waals surface area contributed by atoms with Crippen LogP contribution in [0.5, 0.6) is 0 Å². The summed E-state index contributed by atoms with van der Waals surface area (Å²) in [6.07, 6.45) is 0.167. The molecule has 0 spiro atoms. The zero-order valence-corrected chi connectivity index (χ0v) is 18.7. The maximum atomic E-state index is 13.0. The van der Waals surface area contributed by atoms with Crippen LogP contribution >= 0.6 is 0 Å². The molecule has 1 saturated heterocycles. The molecule has 0 aromatic heterocycles. The second kappa shape index (κ2) is 13.4. The van der Waals surface area contributed by atoms with Gasteiger partial charge in [-0.15, -0.1) is 0 Å². The van der Waals surface area contributed by atoms with Crippen LogP contribution in [0.1, 0.15) is 32.6 Å². The second-order valence-electron chi connectivity index (χ2n) is 7.86. The number of hydrogen-bond acceptors (Lipinski definition) is 9. The number of primary amides is 1. The topological polar surface area (TPSA) is 254 Å². The summed E-state index contributed by atoms with van der Waals surface area (Å²) < 4.78 is 0. The van der Waals surface area contributed by atoms with Crippen molar-refractivity contribution in [2.45, 2.75) is 62.8 Å². The third-order valence-corrected chi connectivity index (χ3v) is 5.21. The summed E-state index contributed by atoms with van der Waals surface area (Å²) in [5, 5.41) is 34.5. The largest absolute Gasteiger partial charge is 0.480 e. The fourth-order valence-corrected chi connectivity index (χ4v) is 3.25. The Morgan fingerprint density at radius 1 is 1.00 bits per heavy atom. The van der Waals surface area contributed by atoms with Crippen molar-refractivity contribution in [2.24, 2.45) is 11.5 Å². The van der Waals surface area contributed by atoms with Crippen LogP contribution < -0.4 is 27.4 Å². The van der Waals surface area contributed by atoms with Crippen molar-refractivity contribution in [3.05, 3.63) is 0 Å². The molecule has 0 saturated carbocycles. The Bertz CT molecular complexity index is 792. The first-order valence-corrected chi connectivity index (χ1v) is 10.6. The fourth-order valence-electron chi connectivity index (χ4n) is 3.25. The van der Waals surface area contributed by atoms with Gasteiger partial charge in [0, 0.05) is 13.0 Å². The van der Waals surface area contributed by atoms with E-state index in [0.29, 0.717) is 6.42 Å². The number of aliphatic hydroxyl groups excluding tert-OH is 2. The van der Waals surface area contributed by atoms with Crippen LogP contribution in [-0.4, -0.2) is 106 Å². The highest BCUT2D eigenvalue weighted by molar-refractivity contribution is 5.96. The number of carboxylic acid groups (broad SMARTS) is 1. The van der Waals surface area contributed by atoms with Crippen molar-refractivity contribution in [3.63, 3.8) is 0 Å². The lowest BCUT2D eigenvalue weighted by Crippen LogP contribution is -2.59. The number of nitrogens with one attached hydrogen (secondary N) is 3. The maximum Gasteiger partial charge on any atom is 0.325 e. The number of carboxylic acids is 1. The number of carbonyl (C=O) groups excluding carboxylic acids is 5. The lowest BCUT2D eigenvalue weighted by atomic mass is 10.1. The molecule has 34 heavy (non-hydrogen) atoms. The third kappa shape index (κ3) is 8.24. The van der Waals surface area contributed by atoms with Gasteiger partial charge in [0.25, 0.3) is 0 Å². The smallest absolute Gasteiger partial charge is 0.325 e. The molecule has 5 atom stereocenters. The van der Waals surface area contributed by atoms with Gasteiger partial charge in [0.2, 0.25) is 29.5 Å². The van der Waals surface area contributed by atoms with Gasteiger partial charge in [-0.05, 0) is 26.2 Å². The van der Waals surface area contributed by atoms with E-state index in [9.17, 15) is 33.9 Å². The van der Waals surface area contributed by atoms with Crippen molar-refractivity contribution in [2.75, 3.05) is 19.8 Å². The summed E-state index contributed by atoms with van der Waals surface area (Å²) in [7, 11) is 0. The van der Waals surface area contributed by atoms with Crippen LogP contribution in [-0.2, 0) is 28.8 Å². The van der Waals surface area contributed by atoms with Crippen LogP contribution in [0, 0.1) is 0 Å². The number of aliphatic carboxylic acids is 1. The Morgan fingerprint density at radius 2 is 1.62 bits per heavy atom. The number of amides is 5. The zero-order chi connectivity index (χ0) is 26.0. The van der Waals surface area contributed by atoms with Gasteiger partial charge in [0.15, 0.2) is 0 Å². The molecule has 15 heteroatoms. The van der Waals surface area contributed by atoms with E-state index in [-0.39, 0.29) is 25.8 Å². The van der Waals surface area contributed by atoms with E-state index in [1.54, 1.807) is 0 Å². The van der Waals surface area contributed by atoms with Crippen LogP contribution in [0.4, 0.5) is 0 Å². The summed E-state index contributed by atoms with van der Waals surface area (Å²) in [5.74, 6) is -5.30. The standard InChI is InChI=1S/C19H32N6O9/c1-9(19(33)34)22-17(31)13-3-2-6-25(13)18(32)12(8-27)24-16(30)11(4-5-14(21)28)23-15(29)10(20)7-26/h9-13,26-27H,2-8,20H2,1H3,(H2,21,28)(H,22,31)(H,23,29)(H,24,30)(H,33,34)/t9-,10-,11-,12-,13-/m0/s1. The predicted octanol–water partition coefficient (Wildman–Crippen LogP) is -4.89. The highest BCUT2D eigenvalue weighted by atomic mass is 16.4. The first-order valence-electron chi connectivity index (χ1n) is 10.6. The summed E-state index contributed by atoms with van der Waals surface area (Å²) in [6.45, 7) is -0.139. The van der Waals surface area contributed by atoms with Crippen LogP contribution in [0.25, 0.3) is 0 Å². The van der Waals surface area contributed by atoms with E-state index in [1.807, 2.05) is 0 Å². The average Bonchev–Trinajstić information content (AvgIpc) is 3.28. The van der Waals surface area contributed by atoms with Gasteiger partial charge >= 0.3 is 5.97 Å². The number of carbonyl (C=O) groups is 6. The number of nitrogens with zero attached hydrogens (tertiary/aromatic N) is 1. The van der Waals surface area contributed by atoms with Gasteiger partial charge in [-0.3, -0.25) is 28.8 Å². The van der Waals surface area contributed by atoms with Gasteiger partial charge in [-0.1, -0.05) is 0 Å². The summed E-state index contributed by atoms with van der Waals surface area (Å²) in [4.78, 5) is 73.3. The predicted molar refractivity (Wildman–Crippen MR) is 114 cm³/mol. The van der Waals surface area contributed by atoms with Gasteiger partial charge in [0.05, 0.1) is 13.2 Å². The minimum Gasteiger partial charge on any atom is -0.480 e. The fraction of sp³-hybridized carbons (Fsp3) is 0.684. The second-order valence-corrected chi connectivity index (χ2v) is 7.86. The molecule has 192 valence electrons. The van der Waals surface area contributed by atoms with Gasteiger partial charge in [-0.2, -0.15) is 0 Å². The number of nitrogens with two attached hydrogens (primary N) is 2.